The van der Waals surface area contributed by atoms with Crippen molar-refractivity contribution in [3.05, 3.63) is 54.0 Å². The Morgan fingerprint density at radius 1 is 1.14 bits per heavy atom. The Hall–Kier alpha value is -3.33. The van der Waals surface area contributed by atoms with Crippen molar-refractivity contribution in [3.8, 4) is 11.5 Å². The molecule has 150 valence electrons. The second kappa shape index (κ2) is 7.59. The minimum Gasteiger partial charge on any atom is -0.454 e. The number of hydrogen-bond acceptors (Lipinski definition) is 7. The van der Waals surface area contributed by atoms with Crippen LogP contribution in [0, 0.1) is 0 Å². The minimum atomic E-state index is -0.200. The number of fused-ring (bicyclic) bond motifs is 1. The third-order valence-electron chi connectivity index (χ3n) is 5.33. The zero-order chi connectivity index (χ0) is 19.6. The van der Waals surface area contributed by atoms with E-state index in [2.05, 4.69) is 20.5 Å². The fourth-order valence-corrected chi connectivity index (χ4v) is 3.80. The van der Waals surface area contributed by atoms with Gasteiger partial charge in [0.15, 0.2) is 11.5 Å². The van der Waals surface area contributed by atoms with E-state index in [9.17, 15) is 4.79 Å². The molecule has 1 amide bonds. The monoisotopic (exact) mass is 395 g/mol. The molecule has 0 spiro atoms. The Labute approximate surface area is 167 Å². The van der Waals surface area contributed by atoms with Crippen molar-refractivity contribution in [1.82, 2.24) is 19.8 Å². The first kappa shape index (κ1) is 17.7. The molecule has 1 saturated heterocycles. The molecule has 2 aliphatic rings. The van der Waals surface area contributed by atoms with E-state index in [1.807, 2.05) is 16.8 Å². The molecule has 1 N–H and O–H groups in total. The number of carbonyl (C=O) groups is 1. The van der Waals surface area contributed by atoms with E-state index >= 15 is 0 Å². The first-order valence-corrected chi connectivity index (χ1v) is 9.62. The van der Waals surface area contributed by atoms with Crippen molar-refractivity contribution in [3.63, 3.8) is 0 Å². The lowest BCUT2D eigenvalue weighted by atomic mass is 10.1. The van der Waals surface area contributed by atoms with Gasteiger partial charge in [0.2, 0.25) is 6.79 Å². The number of nitrogens with zero attached hydrogens (tertiary/aromatic N) is 4. The largest absolute Gasteiger partial charge is 0.454 e. The normalized spacial score (nSPS) is 16.8. The van der Waals surface area contributed by atoms with Crippen molar-refractivity contribution in [2.24, 2.45) is 0 Å². The number of carbonyl (C=O) groups excluding carboxylic acids is 1. The van der Waals surface area contributed by atoms with E-state index < -0.39 is 0 Å². The quantitative estimate of drug-likeness (QED) is 0.710. The molecule has 0 unspecified atom stereocenters. The van der Waals surface area contributed by atoms with E-state index in [1.165, 1.54) is 0 Å². The molecule has 5 rings (SSSR count). The van der Waals surface area contributed by atoms with Crippen LogP contribution < -0.4 is 14.8 Å². The second-order valence-electron chi connectivity index (χ2n) is 7.18. The van der Waals surface area contributed by atoms with Gasteiger partial charge in [0, 0.05) is 37.3 Å². The Kier molecular flexibility index (Phi) is 4.65. The van der Waals surface area contributed by atoms with Crippen molar-refractivity contribution >= 4 is 11.7 Å². The molecular weight excluding hydrogens is 374 g/mol. The lowest BCUT2D eigenvalue weighted by Crippen LogP contribution is -2.35. The Bertz CT molecular complexity index is 992. The van der Waals surface area contributed by atoms with Crippen LogP contribution in [0.5, 0.6) is 11.5 Å². The van der Waals surface area contributed by atoms with Gasteiger partial charge in [-0.3, -0.25) is 9.69 Å². The number of aromatic nitrogens is 3. The van der Waals surface area contributed by atoms with Gasteiger partial charge in [-0.25, -0.2) is 4.68 Å². The number of amides is 1. The molecule has 9 nitrogen and oxygen atoms in total. The molecule has 0 aliphatic carbocycles. The average Bonchev–Trinajstić information content (AvgIpc) is 3.50. The molecule has 4 heterocycles. The SMILES string of the molecule is O=C(Nc1ccnn1C1CCN(Cc2ccon2)CC1)c1ccc2c(c1)OCO2. The summed E-state index contributed by atoms with van der Waals surface area (Å²) >= 11 is 0. The smallest absolute Gasteiger partial charge is 0.256 e. The number of benzene rings is 1. The summed E-state index contributed by atoms with van der Waals surface area (Å²) in [5.74, 6) is 1.74. The molecule has 9 heteroatoms. The fraction of sp³-hybridized carbons (Fsp3) is 0.350. The molecule has 2 aromatic heterocycles. The van der Waals surface area contributed by atoms with Crippen LogP contribution in [0.3, 0.4) is 0 Å². The number of hydrogen-bond donors (Lipinski definition) is 1. The van der Waals surface area contributed by atoms with Gasteiger partial charge in [0.1, 0.15) is 12.1 Å². The Balaban J connectivity index is 1.22. The van der Waals surface area contributed by atoms with E-state index in [4.69, 9.17) is 14.0 Å². The second-order valence-corrected chi connectivity index (χ2v) is 7.18. The maximum atomic E-state index is 12.7. The molecule has 0 bridgehead atoms. The summed E-state index contributed by atoms with van der Waals surface area (Å²) in [5, 5.41) is 11.4. The van der Waals surface area contributed by atoms with Gasteiger partial charge in [-0.1, -0.05) is 5.16 Å². The number of ether oxygens (including phenoxy) is 2. The van der Waals surface area contributed by atoms with E-state index in [-0.39, 0.29) is 18.7 Å². The molecule has 1 fully saturated rings. The first-order chi connectivity index (χ1) is 14.3. The van der Waals surface area contributed by atoms with Crippen molar-refractivity contribution in [2.75, 3.05) is 25.2 Å². The van der Waals surface area contributed by atoms with Crippen LogP contribution in [0.2, 0.25) is 0 Å². The van der Waals surface area contributed by atoms with Gasteiger partial charge in [0.05, 0.1) is 17.9 Å². The summed E-state index contributed by atoms with van der Waals surface area (Å²) in [6, 6.07) is 9.13. The molecule has 2 aliphatic heterocycles. The zero-order valence-electron chi connectivity index (χ0n) is 15.8. The van der Waals surface area contributed by atoms with E-state index in [1.54, 1.807) is 30.7 Å². The first-order valence-electron chi connectivity index (χ1n) is 9.62. The highest BCUT2D eigenvalue weighted by Crippen LogP contribution is 2.33. The standard InChI is InChI=1S/C20H21N5O4/c26-20(14-1-2-17-18(11-14)28-13-27-17)22-19-3-7-21-25(19)16-4-8-24(9-5-16)12-15-6-10-29-23-15/h1-3,6-7,10-11,16H,4-5,8-9,12-13H2,(H,22,26). The van der Waals surface area contributed by atoms with Crippen LogP contribution in [0.1, 0.15) is 34.9 Å². The average molecular weight is 395 g/mol. The number of likely N-dealkylation sites (tertiary alicyclic amines) is 1. The van der Waals surface area contributed by atoms with Crippen molar-refractivity contribution < 1.29 is 18.8 Å². The van der Waals surface area contributed by atoms with E-state index in [0.717, 1.165) is 38.2 Å². The number of piperidine rings is 1. The van der Waals surface area contributed by atoms with Gasteiger partial charge < -0.3 is 19.3 Å². The number of rotatable bonds is 5. The topological polar surface area (TPSA) is 94.7 Å². The molecule has 3 aromatic rings. The van der Waals surface area contributed by atoms with Crippen LogP contribution in [0.4, 0.5) is 5.82 Å². The van der Waals surface area contributed by atoms with Gasteiger partial charge in [-0.05, 0) is 31.0 Å². The van der Waals surface area contributed by atoms with Crippen LogP contribution in [0.15, 0.2) is 47.3 Å². The van der Waals surface area contributed by atoms with Gasteiger partial charge in [-0.2, -0.15) is 5.10 Å². The van der Waals surface area contributed by atoms with Crippen LogP contribution in [0.25, 0.3) is 0 Å². The predicted octanol–water partition coefficient (Wildman–Crippen LogP) is 2.69. The maximum absolute atomic E-state index is 12.7. The lowest BCUT2D eigenvalue weighted by Gasteiger charge is -2.32. The summed E-state index contributed by atoms with van der Waals surface area (Å²) < 4.78 is 17.5. The molecule has 0 saturated carbocycles. The summed E-state index contributed by atoms with van der Waals surface area (Å²) in [5.41, 5.74) is 1.46. The highest BCUT2D eigenvalue weighted by molar-refractivity contribution is 6.04. The lowest BCUT2D eigenvalue weighted by molar-refractivity contribution is 0.102. The van der Waals surface area contributed by atoms with Crippen LogP contribution in [-0.4, -0.2) is 45.6 Å². The highest BCUT2D eigenvalue weighted by atomic mass is 16.7. The minimum absolute atomic E-state index is 0.183. The van der Waals surface area contributed by atoms with Crippen LogP contribution >= 0.6 is 0 Å². The summed E-state index contributed by atoms with van der Waals surface area (Å²) in [6.07, 6.45) is 5.22. The molecular formula is C20H21N5O4. The van der Waals surface area contributed by atoms with Crippen molar-refractivity contribution in [1.29, 1.82) is 0 Å². The third kappa shape index (κ3) is 3.68. The van der Waals surface area contributed by atoms with Gasteiger partial charge in [0.25, 0.3) is 5.91 Å². The maximum Gasteiger partial charge on any atom is 0.256 e. The van der Waals surface area contributed by atoms with Gasteiger partial charge >= 0.3 is 0 Å². The number of nitrogens with one attached hydrogen (secondary N) is 1. The molecule has 0 atom stereocenters. The summed E-state index contributed by atoms with van der Waals surface area (Å²) in [6.45, 7) is 2.85. The number of anilines is 1. The third-order valence-corrected chi connectivity index (χ3v) is 5.33. The van der Waals surface area contributed by atoms with Crippen LogP contribution in [-0.2, 0) is 6.54 Å². The Morgan fingerprint density at radius 2 is 2.00 bits per heavy atom. The van der Waals surface area contributed by atoms with Crippen molar-refractivity contribution in [2.45, 2.75) is 25.4 Å². The predicted molar refractivity (Wildman–Crippen MR) is 103 cm³/mol. The summed E-state index contributed by atoms with van der Waals surface area (Å²) in [7, 11) is 0. The highest BCUT2D eigenvalue weighted by Gasteiger charge is 2.24. The molecule has 1 aromatic carbocycles. The van der Waals surface area contributed by atoms with Gasteiger partial charge in [-0.15, -0.1) is 0 Å². The van der Waals surface area contributed by atoms with E-state index in [0.29, 0.717) is 22.9 Å². The molecule has 0 radical (unpaired) electrons. The summed E-state index contributed by atoms with van der Waals surface area (Å²) in [4.78, 5) is 15.1. The fourth-order valence-electron chi connectivity index (χ4n) is 3.80. The Morgan fingerprint density at radius 3 is 2.83 bits per heavy atom. The molecule has 29 heavy (non-hydrogen) atoms. The zero-order valence-corrected chi connectivity index (χ0v) is 15.8.